The van der Waals surface area contributed by atoms with Crippen molar-refractivity contribution in [1.29, 1.82) is 0 Å². The quantitative estimate of drug-likeness (QED) is 0.902. The number of sulfone groups is 1. The number of nitrogen functional groups attached to an aromatic ring is 1. The van der Waals surface area contributed by atoms with E-state index in [0.717, 1.165) is 6.26 Å². The number of hydrogen-bond acceptors (Lipinski definition) is 6. The highest BCUT2D eigenvalue weighted by molar-refractivity contribution is 7.90. The van der Waals surface area contributed by atoms with Gasteiger partial charge in [0.15, 0.2) is 9.84 Å². The molecule has 96 valence electrons. The van der Waals surface area contributed by atoms with Crippen LogP contribution < -0.4 is 10.5 Å². The lowest BCUT2D eigenvalue weighted by Crippen LogP contribution is -2.01. The van der Waals surface area contributed by atoms with Gasteiger partial charge in [0.2, 0.25) is 5.88 Å². The highest BCUT2D eigenvalue weighted by Gasteiger charge is 2.16. The normalized spacial score (nSPS) is 11.4. The minimum absolute atomic E-state index is 0.101. The Labute approximate surface area is 104 Å². The van der Waals surface area contributed by atoms with Crippen molar-refractivity contribution in [3.63, 3.8) is 0 Å². The van der Waals surface area contributed by atoms with E-state index in [9.17, 15) is 8.42 Å². The number of nitrogens with zero attached hydrogens (tertiary/aromatic N) is 1. The Morgan fingerprint density at radius 1 is 1.33 bits per heavy atom. The van der Waals surface area contributed by atoms with Crippen LogP contribution in [0.15, 0.2) is 33.7 Å². The van der Waals surface area contributed by atoms with Gasteiger partial charge in [0, 0.05) is 17.9 Å². The highest BCUT2D eigenvalue weighted by Crippen LogP contribution is 2.29. The second-order valence-corrected chi connectivity index (χ2v) is 5.74. The summed E-state index contributed by atoms with van der Waals surface area (Å²) in [4.78, 5) is 0.101. The Bertz CT molecular complexity index is 676. The van der Waals surface area contributed by atoms with E-state index in [1.807, 2.05) is 0 Å². The Morgan fingerprint density at radius 2 is 2.06 bits per heavy atom. The van der Waals surface area contributed by atoms with Gasteiger partial charge in [-0.05, 0) is 18.2 Å². The minimum Gasteiger partial charge on any atom is -0.495 e. The molecular formula is C11H12N2O4S. The molecule has 1 aromatic carbocycles. The monoisotopic (exact) mass is 268 g/mol. The summed E-state index contributed by atoms with van der Waals surface area (Å²) >= 11 is 0. The van der Waals surface area contributed by atoms with E-state index in [0.29, 0.717) is 11.3 Å². The molecule has 2 aromatic rings. The van der Waals surface area contributed by atoms with E-state index in [4.69, 9.17) is 15.0 Å². The maximum Gasteiger partial charge on any atom is 0.222 e. The summed E-state index contributed by atoms with van der Waals surface area (Å²) in [6.45, 7) is 0. The number of aromatic nitrogens is 1. The maximum absolute atomic E-state index is 11.7. The summed E-state index contributed by atoms with van der Waals surface area (Å²) in [7, 11) is -1.97. The molecule has 0 radical (unpaired) electrons. The van der Waals surface area contributed by atoms with Crippen molar-refractivity contribution >= 4 is 15.7 Å². The van der Waals surface area contributed by atoms with E-state index in [2.05, 4.69) is 5.16 Å². The van der Waals surface area contributed by atoms with Crippen molar-refractivity contribution in [2.75, 3.05) is 19.1 Å². The predicted molar refractivity (Wildman–Crippen MR) is 66.0 cm³/mol. The average Bonchev–Trinajstić information content (AvgIpc) is 2.74. The summed E-state index contributed by atoms with van der Waals surface area (Å²) in [5.74, 6) is 0.458. The molecule has 0 atom stereocenters. The molecule has 2 N–H and O–H groups in total. The van der Waals surface area contributed by atoms with Gasteiger partial charge in [0.05, 0.1) is 7.11 Å². The molecule has 0 saturated carbocycles. The van der Waals surface area contributed by atoms with Crippen molar-refractivity contribution in [2.45, 2.75) is 4.90 Å². The first kappa shape index (κ1) is 12.4. The van der Waals surface area contributed by atoms with Crippen molar-refractivity contribution < 1.29 is 17.7 Å². The van der Waals surface area contributed by atoms with Crippen LogP contribution in [0.25, 0.3) is 11.3 Å². The van der Waals surface area contributed by atoms with E-state index in [1.165, 1.54) is 19.2 Å². The third kappa shape index (κ3) is 2.30. The lowest BCUT2D eigenvalue weighted by atomic mass is 10.1. The van der Waals surface area contributed by atoms with Crippen molar-refractivity contribution in [2.24, 2.45) is 0 Å². The number of nitrogens with two attached hydrogens (primary N) is 1. The summed E-state index contributed by atoms with van der Waals surface area (Å²) in [6.07, 6.45) is 1.12. The van der Waals surface area contributed by atoms with Crippen LogP contribution in [-0.4, -0.2) is 26.9 Å². The largest absolute Gasteiger partial charge is 0.495 e. The summed E-state index contributed by atoms with van der Waals surface area (Å²) in [6, 6.07) is 6.25. The maximum atomic E-state index is 11.7. The van der Waals surface area contributed by atoms with Gasteiger partial charge in [-0.15, -0.1) is 0 Å². The number of anilines is 1. The number of ether oxygens (including phenoxy) is 1. The molecule has 0 spiro atoms. The molecule has 2 rings (SSSR count). The average molecular weight is 268 g/mol. The molecule has 0 amide bonds. The van der Waals surface area contributed by atoms with E-state index in [1.54, 1.807) is 12.1 Å². The fourth-order valence-electron chi connectivity index (χ4n) is 1.55. The van der Waals surface area contributed by atoms with Gasteiger partial charge in [-0.3, -0.25) is 0 Å². The van der Waals surface area contributed by atoms with Gasteiger partial charge >= 0.3 is 0 Å². The first-order valence-corrected chi connectivity index (χ1v) is 6.91. The van der Waals surface area contributed by atoms with Crippen LogP contribution in [0.5, 0.6) is 5.75 Å². The van der Waals surface area contributed by atoms with E-state index in [-0.39, 0.29) is 16.5 Å². The van der Waals surface area contributed by atoms with Crippen molar-refractivity contribution in [1.82, 2.24) is 5.16 Å². The Morgan fingerprint density at radius 3 is 2.56 bits per heavy atom. The third-order valence-electron chi connectivity index (χ3n) is 2.39. The molecule has 7 heteroatoms. The number of rotatable bonds is 3. The lowest BCUT2D eigenvalue weighted by molar-refractivity contribution is 0.403. The molecule has 0 aliphatic carbocycles. The lowest BCUT2D eigenvalue weighted by Gasteiger charge is -2.07. The highest BCUT2D eigenvalue weighted by atomic mass is 32.2. The van der Waals surface area contributed by atoms with Crippen LogP contribution in [-0.2, 0) is 9.84 Å². The van der Waals surface area contributed by atoms with E-state index >= 15 is 0 Å². The third-order valence-corrected chi connectivity index (χ3v) is 3.51. The Balaban J connectivity index is 2.60. The van der Waals surface area contributed by atoms with Crippen LogP contribution in [0, 0.1) is 0 Å². The van der Waals surface area contributed by atoms with Gasteiger partial charge in [-0.2, -0.15) is 0 Å². The van der Waals surface area contributed by atoms with Crippen LogP contribution in [0.1, 0.15) is 0 Å². The molecule has 0 unspecified atom stereocenters. The van der Waals surface area contributed by atoms with Gasteiger partial charge < -0.3 is 15.0 Å². The van der Waals surface area contributed by atoms with Gasteiger partial charge in [-0.25, -0.2) is 8.42 Å². The van der Waals surface area contributed by atoms with Gasteiger partial charge in [-0.1, -0.05) is 5.16 Å². The van der Waals surface area contributed by atoms with Crippen LogP contribution in [0.3, 0.4) is 0 Å². The molecule has 6 nitrogen and oxygen atoms in total. The first-order chi connectivity index (χ1) is 8.41. The number of benzene rings is 1. The standard InChI is InChI=1S/C11H12N2O4S/c1-16-9-4-3-7(5-10(9)18(2,14)15)8-6-11(12)17-13-8/h3-6H,12H2,1-2H3. The molecule has 0 aliphatic rings. The first-order valence-electron chi connectivity index (χ1n) is 5.02. The van der Waals surface area contributed by atoms with Crippen LogP contribution in [0.4, 0.5) is 5.88 Å². The SMILES string of the molecule is COc1ccc(-c2cc(N)on2)cc1S(C)(=O)=O. The number of methoxy groups -OCH3 is 1. The zero-order valence-electron chi connectivity index (χ0n) is 9.88. The summed E-state index contributed by atoms with van der Waals surface area (Å²) in [5, 5.41) is 3.73. The van der Waals surface area contributed by atoms with Crippen LogP contribution >= 0.6 is 0 Å². The Hall–Kier alpha value is -2.02. The minimum atomic E-state index is -3.38. The predicted octanol–water partition coefficient (Wildman–Crippen LogP) is 1.34. The molecule has 1 heterocycles. The molecule has 0 fully saturated rings. The van der Waals surface area contributed by atoms with Crippen molar-refractivity contribution in [3.8, 4) is 17.0 Å². The fraction of sp³-hybridized carbons (Fsp3) is 0.182. The second-order valence-electron chi connectivity index (χ2n) is 3.75. The Kier molecular flexibility index (Phi) is 3.00. The fourth-order valence-corrected chi connectivity index (χ4v) is 2.41. The molecule has 0 bridgehead atoms. The van der Waals surface area contributed by atoms with Gasteiger partial charge in [0.25, 0.3) is 0 Å². The number of hydrogen-bond donors (Lipinski definition) is 1. The van der Waals surface area contributed by atoms with Gasteiger partial charge in [0.1, 0.15) is 16.3 Å². The van der Waals surface area contributed by atoms with E-state index < -0.39 is 9.84 Å². The molecular weight excluding hydrogens is 256 g/mol. The molecule has 0 saturated heterocycles. The van der Waals surface area contributed by atoms with Crippen molar-refractivity contribution in [3.05, 3.63) is 24.3 Å². The molecule has 0 aliphatic heterocycles. The van der Waals surface area contributed by atoms with Crippen LogP contribution in [0.2, 0.25) is 0 Å². The molecule has 1 aromatic heterocycles. The summed E-state index contributed by atoms with van der Waals surface area (Å²) < 4.78 is 33.1. The topological polar surface area (TPSA) is 95.4 Å². The molecule has 18 heavy (non-hydrogen) atoms. The zero-order valence-corrected chi connectivity index (χ0v) is 10.7. The zero-order chi connectivity index (χ0) is 13.3. The second kappa shape index (κ2) is 4.34. The summed E-state index contributed by atoms with van der Waals surface area (Å²) in [5.41, 5.74) is 6.49. The smallest absolute Gasteiger partial charge is 0.222 e.